The van der Waals surface area contributed by atoms with Crippen molar-refractivity contribution >= 4 is 6.29 Å². The fourth-order valence-electron chi connectivity index (χ4n) is 0.942. The average molecular weight is 174 g/mol. The summed E-state index contributed by atoms with van der Waals surface area (Å²) in [6.45, 7) is 0.0171. The van der Waals surface area contributed by atoms with Gasteiger partial charge in [0.1, 0.15) is 6.29 Å². The normalized spacial score (nSPS) is 8.69. The summed E-state index contributed by atoms with van der Waals surface area (Å²) in [4.78, 5) is 9.98. The number of hydrogen-bond donors (Lipinski definition) is 1. The molecule has 0 aliphatic rings. The molecule has 0 aliphatic heterocycles. The van der Waals surface area contributed by atoms with Gasteiger partial charge in [-0.1, -0.05) is 24.0 Å². The zero-order valence-corrected chi connectivity index (χ0v) is 7.16. The molecule has 66 valence electrons. The van der Waals surface area contributed by atoms with Crippen LogP contribution in [-0.4, -0.2) is 11.4 Å². The molecule has 1 aromatic carbocycles. The Balaban J connectivity index is 2.78. The summed E-state index contributed by atoms with van der Waals surface area (Å²) in [5, 5.41) is 8.83. The first kappa shape index (κ1) is 9.50. The van der Waals surface area contributed by atoms with Crippen LogP contribution in [0.3, 0.4) is 0 Å². The first-order chi connectivity index (χ1) is 6.36. The summed E-state index contributed by atoms with van der Waals surface area (Å²) < 4.78 is 0. The molecule has 1 aromatic rings. The van der Waals surface area contributed by atoms with Gasteiger partial charge in [-0.05, 0) is 17.7 Å². The Morgan fingerprint density at radius 3 is 3.00 bits per heavy atom. The lowest BCUT2D eigenvalue weighted by Gasteiger charge is -1.94. The van der Waals surface area contributed by atoms with Gasteiger partial charge < -0.3 is 9.90 Å². The van der Waals surface area contributed by atoms with Crippen LogP contribution in [0.4, 0.5) is 0 Å². The van der Waals surface area contributed by atoms with Crippen LogP contribution in [0.15, 0.2) is 24.3 Å². The van der Waals surface area contributed by atoms with Crippen LogP contribution >= 0.6 is 0 Å². The van der Waals surface area contributed by atoms with Crippen molar-refractivity contribution in [2.45, 2.75) is 13.0 Å². The first-order valence-electron chi connectivity index (χ1n) is 3.99. The van der Waals surface area contributed by atoms with E-state index in [0.29, 0.717) is 0 Å². The molecule has 2 heteroatoms. The standard InChI is InChI=1S/C11H10O2/c12-7-2-1-4-10-5-3-6-11(8-10)9-13/h3,5-8,13H,2,9H2. The minimum atomic E-state index is 0.0171. The number of carbonyl (C=O) groups is 1. The summed E-state index contributed by atoms with van der Waals surface area (Å²) in [7, 11) is 0. The average Bonchev–Trinajstić information content (AvgIpc) is 2.19. The molecule has 0 amide bonds. The van der Waals surface area contributed by atoms with Crippen LogP contribution in [0.25, 0.3) is 0 Å². The van der Waals surface area contributed by atoms with Gasteiger partial charge in [0.25, 0.3) is 0 Å². The Morgan fingerprint density at radius 2 is 2.31 bits per heavy atom. The maximum atomic E-state index is 9.98. The molecule has 2 nitrogen and oxygen atoms in total. The molecule has 1 N–H and O–H groups in total. The topological polar surface area (TPSA) is 37.3 Å². The molecule has 1 rings (SSSR count). The number of carbonyl (C=O) groups excluding carboxylic acids is 1. The van der Waals surface area contributed by atoms with Gasteiger partial charge in [-0.25, -0.2) is 0 Å². The molecular weight excluding hydrogens is 164 g/mol. The molecule has 0 aliphatic carbocycles. The van der Waals surface area contributed by atoms with E-state index in [2.05, 4.69) is 11.8 Å². The largest absolute Gasteiger partial charge is 0.392 e. The summed E-state index contributed by atoms with van der Waals surface area (Å²) in [6.07, 6.45) is 1.02. The van der Waals surface area contributed by atoms with E-state index in [4.69, 9.17) is 5.11 Å². The summed E-state index contributed by atoms with van der Waals surface area (Å²) >= 11 is 0. The summed E-state index contributed by atoms with van der Waals surface area (Å²) in [5.41, 5.74) is 1.66. The van der Waals surface area contributed by atoms with E-state index in [1.54, 1.807) is 6.07 Å². The Morgan fingerprint density at radius 1 is 1.46 bits per heavy atom. The van der Waals surface area contributed by atoms with Gasteiger partial charge in [0, 0.05) is 5.56 Å². The minimum Gasteiger partial charge on any atom is -0.392 e. The molecular formula is C11H10O2. The zero-order valence-electron chi connectivity index (χ0n) is 7.16. The van der Waals surface area contributed by atoms with Crippen molar-refractivity contribution in [1.82, 2.24) is 0 Å². The zero-order chi connectivity index (χ0) is 9.52. The third-order valence-corrected chi connectivity index (χ3v) is 1.53. The molecule has 0 aromatic heterocycles. The summed E-state index contributed by atoms with van der Waals surface area (Å²) in [6, 6.07) is 7.30. The minimum absolute atomic E-state index is 0.0171. The molecule has 0 fully saturated rings. The van der Waals surface area contributed by atoms with Crippen molar-refractivity contribution in [2.24, 2.45) is 0 Å². The predicted molar refractivity (Wildman–Crippen MR) is 49.9 cm³/mol. The van der Waals surface area contributed by atoms with Crippen LogP contribution in [0, 0.1) is 11.8 Å². The summed E-state index contributed by atoms with van der Waals surface area (Å²) in [5.74, 6) is 5.53. The number of benzene rings is 1. The van der Waals surface area contributed by atoms with Crippen molar-refractivity contribution in [1.29, 1.82) is 0 Å². The predicted octanol–water partition coefficient (Wildman–Crippen LogP) is 1.12. The number of rotatable bonds is 2. The van der Waals surface area contributed by atoms with Gasteiger partial charge in [-0.3, -0.25) is 0 Å². The van der Waals surface area contributed by atoms with Crippen molar-refractivity contribution in [3.8, 4) is 11.8 Å². The number of aliphatic hydroxyl groups excluding tert-OH is 1. The van der Waals surface area contributed by atoms with Gasteiger partial charge >= 0.3 is 0 Å². The van der Waals surface area contributed by atoms with Crippen LogP contribution in [0.1, 0.15) is 17.5 Å². The monoisotopic (exact) mass is 174 g/mol. The number of aldehydes is 1. The van der Waals surface area contributed by atoms with Crippen molar-refractivity contribution in [3.05, 3.63) is 35.4 Å². The highest BCUT2D eigenvalue weighted by atomic mass is 16.3. The van der Waals surface area contributed by atoms with Crippen LogP contribution in [0.2, 0.25) is 0 Å². The highest BCUT2D eigenvalue weighted by molar-refractivity contribution is 5.55. The third kappa shape index (κ3) is 3.10. The maximum absolute atomic E-state index is 9.98. The fourth-order valence-corrected chi connectivity index (χ4v) is 0.942. The number of aliphatic hydroxyl groups is 1. The van der Waals surface area contributed by atoms with Crippen LogP contribution < -0.4 is 0 Å². The second-order valence-corrected chi connectivity index (χ2v) is 2.53. The van der Waals surface area contributed by atoms with Crippen molar-refractivity contribution in [3.63, 3.8) is 0 Å². The molecule has 0 spiro atoms. The smallest absolute Gasteiger partial charge is 0.131 e. The first-order valence-corrected chi connectivity index (χ1v) is 3.99. The van der Waals surface area contributed by atoms with Gasteiger partial charge in [0.15, 0.2) is 0 Å². The lowest BCUT2D eigenvalue weighted by atomic mass is 10.1. The lowest BCUT2D eigenvalue weighted by molar-refractivity contribution is -0.107. The highest BCUT2D eigenvalue weighted by Gasteiger charge is 1.90. The maximum Gasteiger partial charge on any atom is 0.131 e. The van der Waals surface area contributed by atoms with E-state index < -0.39 is 0 Å². The molecule has 0 heterocycles. The Kier molecular flexibility index (Phi) is 3.74. The van der Waals surface area contributed by atoms with Crippen molar-refractivity contribution in [2.75, 3.05) is 0 Å². The molecule has 0 radical (unpaired) electrons. The number of hydrogen-bond acceptors (Lipinski definition) is 2. The van der Waals surface area contributed by atoms with Gasteiger partial charge in [-0.15, -0.1) is 0 Å². The Hall–Kier alpha value is -1.59. The van der Waals surface area contributed by atoms with Crippen LogP contribution in [-0.2, 0) is 11.4 Å². The molecule has 0 atom stereocenters. The van der Waals surface area contributed by atoms with E-state index in [1.807, 2.05) is 18.2 Å². The van der Waals surface area contributed by atoms with E-state index in [1.165, 1.54) is 0 Å². The lowest BCUT2D eigenvalue weighted by Crippen LogP contribution is -1.83. The second kappa shape index (κ2) is 5.13. The van der Waals surface area contributed by atoms with Crippen molar-refractivity contribution < 1.29 is 9.90 Å². The van der Waals surface area contributed by atoms with E-state index in [0.717, 1.165) is 17.4 Å². The second-order valence-electron chi connectivity index (χ2n) is 2.53. The molecule has 0 bridgehead atoms. The molecule has 0 unspecified atom stereocenters. The SMILES string of the molecule is O=CCC#Cc1cccc(CO)c1. The highest BCUT2D eigenvalue weighted by Crippen LogP contribution is 2.03. The van der Waals surface area contributed by atoms with Gasteiger partial charge in [0.05, 0.1) is 13.0 Å². The van der Waals surface area contributed by atoms with E-state index >= 15 is 0 Å². The van der Waals surface area contributed by atoms with Gasteiger partial charge in [-0.2, -0.15) is 0 Å². The molecule has 0 saturated heterocycles. The molecule has 0 saturated carbocycles. The Bertz CT molecular complexity index is 345. The molecule has 13 heavy (non-hydrogen) atoms. The quantitative estimate of drug-likeness (QED) is 0.539. The van der Waals surface area contributed by atoms with E-state index in [9.17, 15) is 4.79 Å². The third-order valence-electron chi connectivity index (χ3n) is 1.53. The Labute approximate surface area is 77.2 Å². The fraction of sp³-hybridized carbons (Fsp3) is 0.182. The van der Waals surface area contributed by atoms with Gasteiger partial charge in [0.2, 0.25) is 0 Å². The van der Waals surface area contributed by atoms with E-state index in [-0.39, 0.29) is 13.0 Å². The van der Waals surface area contributed by atoms with Crippen LogP contribution in [0.5, 0.6) is 0 Å².